The van der Waals surface area contributed by atoms with Gasteiger partial charge in [0.1, 0.15) is 12.4 Å². The number of ether oxygens (including phenoxy) is 2. The number of hydrogen-bond acceptors (Lipinski definition) is 3. The Balaban J connectivity index is 1.94. The highest BCUT2D eigenvalue weighted by molar-refractivity contribution is 6.30. The Morgan fingerprint density at radius 2 is 2.29 bits per heavy atom. The van der Waals surface area contributed by atoms with E-state index < -0.39 is 0 Å². The summed E-state index contributed by atoms with van der Waals surface area (Å²) in [4.78, 5) is 0. The van der Waals surface area contributed by atoms with E-state index in [9.17, 15) is 0 Å². The highest BCUT2D eigenvalue weighted by Crippen LogP contribution is 2.24. The van der Waals surface area contributed by atoms with E-state index in [1.165, 1.54) is 0 Å². The van der Waals surface area contributed by atoms with Crippen LogP contribution in [0.5, 0.6) is 5.75 Å². The minimum absolute atomic E-state index is 0.200. The summed E-state index contributed by atoms with van der Waals surface area (Å²) in [5.74, 6) is 0.806. The van der Waals surface area contributed by atoms with E-state index >= 15 is 0 Å². The standard InChI is InChI=1S/C13H18ClNO2/c1-9-2-4-12(17-9)8-16-13-5-3-11(14)6-10(13)7-15/h3,5-6,9,12H,2,4,7-8,15H2,1H3. The molecule has 1 aromatic carbocycles. The number of nitrogens with two attached hydrogens (primary N) is 1. The lowest BCUT2D eigenvalue weighted by Crippen LogP contribution is -2.18. The zero-order valence-corrected chi connectivity index (χ0v) is 10.7. The molecule has 1 saturated heterocycles. The van der Waals surface area contributed by atoms with Gasteiger partial charge in [-0.05, 0) is 38.0 Å². The van der Waals surface area contributed by atoms with Crippen molar-refractivity contribution in [2.75, 3.05) is 6.61 Å². The molecule has 1 heterocycles. The lowest BCUT2D eigenvalue weighted by atomic mass is 10.2. The highest BCUT2D eigenvalue weighted by Gasteiger charge is 2.22. The molecular weight excluding hydrogens is 238 g/mol. The van der Waals surface area contributed by atoms with E-state index in [0.717, 1.165) is 24.2 Å². The van der Waals surface area contributed by atoms with Crippen molar-refractivity contribution in [1.29, 1.82) is 0 Å². The molecule has 3 nitrogen and oxygen atoms in total. The van der Waals surface area contributed by atoms with Crippen LogP contribution in [0.15, 0.2) is 18.2 Å². The van der Waals surface area contributed by atoms with E-state index in [1.54, 1.807) is 0 Å². The van der Waals surface area contributed by atoms with Gasteiger partial charge in [0, 0.05) is 17.1 Å². The van der Waals surface area contributed by atoms with Crippen LogP contribution in [0, 0.1) is 0 Å². The molecule has 1 aliphatic rings. The van der Waals surface area contributed by atoms with Gasteiger partial charge < -0.3 is 15.2 Å². The third-order valence-electron chi connectivity index (χ3n) is 2.99. The summed E-state index contributed by atoms with van der Waals surface area (Å²) in [6.45, 7) is 3.10. The van der Waals surface area contributed by atoms with E-state index in [1.807, 2.05) is 18.2 Å². The summed E-state index contributed by atoms with van der Waals surface area (Å²) < 4.78 is 11.4. The summed E-state index contributed by atoms with van der Waals surface area (Å²) in [6.07, 6.45) is 2.72. The van der Waals surface area contributed by atoms with Crippen LogP contribution in [0.4, 0.5) is 0 Å². The van der Waals surface area contributed by atoms with Crippen molar-refractivity contribution in [1.82, 2.24) is 0 Å². The van der Waals surface area contributed by atoms with Crippen LogP contribution in [-0.2, 0) is 11.3 Å². The monoisotopic (exact) mass is 255 g/mol. The van der Waals surface area contributed by atoms with Gasteiger partial charge in [0.15, 0.2) is 0 Å². The van der Waals surface area contributed by atoms with Crippen LogP contribution >= 0.6 is 11.6 Å². The van der Waals surface area contributed by atoms with Crippen molar-refractivity contribution in [3.63, 3.8) is 0 Å². The van der Waals surface area contributed by atoms with Crippen LogP contribution in [0.1, 0.15) is 25.3 Å². The SMILES string of the molecule is CC1CCC(COc2ccc(Cl)cc2CN)O1. The highest BCUT2D eigenvalue weighted by atomic mass is 35.5. The van der Waals surface area contributed by atoms with Crippen LogP contribution in [0.3, 0.4) is 0 Å². The van der Waals surface area contributed by atoms with Crippen molar-refractivity contribution in [3.05, 3.63) is 28.8 Å². The van der Waals surface area contributed by atoms with Crippen LogP contribution in [0.25, 0.3) is 0 Å². The first-order valence-corrected chi connectivity index (χ1v) is 6.33. The van der Waals surface area contributed by atoms with Crippen molar-refractivity contribution in [2.24, 2.45) is 5.73 Å². The lowest BCUT2D eigenvalue weighted by Gasteiger charge is -2.15. The molecule has 2 atom stereocenters. The third-order valence-corrected chi connectivity index (χ3v) is 3.22. The van der Waals surface area contributed by atoms with E-state index in [0.29, 0.717) is 24.3 Å². The fourth-order valence-electron chi connectivity index (χ4n) is 2.04. The van der Waals surface area contributed by atoms with Gasteiger partial charge in [-0.2, -0.15) is 0 Å². The molecule has 0 saturated carbocycles. The van der Waals surface area contributed by atoms with Gasteiger partial charge in [0.05, 0.1) is 12.2 Å². The number of halogens is 1. The summed E-state index contributed by atoms with van der Waals surface area (Å²) in [5.41, 5.74) is 6.59. The van der Waals surface area contributed by atoms with Crippen molar-refractivity contribution in [2.45, 2.75) is 38.5 Å². The zero-order chi connectivity index (χ0) is 12.3. The molecule has 94 valence electrons. The molecule has 0 radical (unpaired) electrons. The second-order valence-corrected chi connectivity index (χ2v) is 4.85. The molecule has 0 bridgehead atoms. The maximum Gasteiger partial charge on any atom is 0.124 e. The minimum Gasteiger partial charge on any atom is -0.491 e. The van der Waals surface area contributed by atoms with Crippen LogP contribution in [-0.4, -0.2) is 18.8 Å². The van der Waals surface area contributed by atoms with Gasteiger partial charge in [-0.25, -0.2) is 0 Å². The molecule has 2 rings (SSSR count). The average molecular weight is 256 g/mol. The predicted molar refractivity (Wildman–Crippen MR) is 68.4 cm³/mol. The molecule has 2 unspecified atom stereocenters. The van der Waals surface area contributed by atoms with E-state index in [-0.39, 0.29) is 6.10 Å². The smallest absolute Gasteiger partial charge is 0.124 e. The Morgan fingerprint density at radius 3 is 2.94 bits per heavy atom. The number of hydrogen-bond donors (Lipinski definition) is 1. The van der Waals surface area contributed by atoms with Gasteiger partial charge >= 0.3 is 0 Å². The average Bonchev–Trinajstić information content (AvgIpc) is 2.73. The van der Waals surface area contributed by atoms with E-state index in [4.69, 9.17) is 26.8 Å². The zero-order valence-electron chi connectivity index (χ0n) is 9.99. The Bertz CT molecular complexity index is 384. The van der Waals surface area contributed by atoms with Crippen molar-refractivity contribution in [3.8, 4) is 5.75 Å². The molecule has 17 heavy (non-hydrogen) atoms. The molecular formula is C13H18ClNO2. The number of rotatable bonds is 4. The van der Waals surface area contributed by atoms with Crippen molar-refractivity contribution >= 4 is 11.6 Å². The predicted octanol–water partition coefficient (Wildman–Crippen LogP) is 2.75. The van der Waals surface area contributed by atoms with Gasteiger partial charge in [0.25, 0.3) is 0 Å². The Labute approximate surface area is 107 Å². The van der Waals surface area contributed by atoms with Crippen LogP contribution in [0.2, 0.25) is 5.02 Å². The molecule has 4 heteroatoms. The Hall–Kier alpha value is -0.770. The maximum atomic E-state index is 5.91. The lowest BCUT2D eigenvalue weighted by molar-refractivity contribution is 0.0262. The number of benzene rings is 1. The van der Waals surface area contributed by atoms with Gasteiger partial charge in [0.2, 0.25) is 0 Å². The topological polar surface area (TPSA) is 44.5 Å². The summed E-state index contributed by atoms with van der Waals surface area (Å²) in [6, 6.07) is 5.52. The third kappa shape index (κ3) is 3.35. The summed E-state index contributed by atoms with van der Waals surface area (Å²) in [5, 5.41) is 0.684. The summed E-state index contributed by atoms with van der Waals surface area (Å²) >= 11 is 5.91. The molecule has 0 spiro atoms. The van der Waals surface area contributed by atoms with Crippen molar-refractivity contribution < 1.29 is 9.47 Å². The molecule has 1 aromatic rings. The van der Waals surface area contributed by atoms with E-state index in [2.05, 4.69) is 6.92 Å². The second-order valence-electron chi connectivity index (χ2n) is 4.41. The van der Waals surface area contributed by atoms with Crippen LogP contribution < -0.4 is 10.5 Å². The first-order chi connectivity index (χ1) is 8.19. The second kappa shape index (κ2) is 5.71. The first kappa shape index (κ1) is 12.7. The van der Waals surface area contributed by atoms with Gasteiger partial charge in [-0.3, -0.25) is 0 Å². The Kier molecular flexibility index (Phi) is 4.26. The van der Waals surface area contributed by atoms with Gasteiger partial charge in [-0.15, -0.1) is 0 Å². The molecule has 0 aliphatic carbocycles. The molecule has 0 amide bonds. The molecule has 1 fully saturated rings. The Morgan fingerprint density at radius 1 is 1.47 bits per heavy atom. The summed E-state index contributed by atoms with van der Waals surface area (Å²) in [7, 11) is 0. The quantitative estimate of drug-likeness (QED) is 0.900. The maximum absolute atomic E-state index is 5.91. The largest absolute Gasteiger partial charge is 0.491 e. The molecule has 1 aliphatic heterocycles. The minimum atomic E-state index is 0.200. The fourth-order valence-corrected chi connectivity index (χ4v) is 2.23. The van der Waals surface area contributed by atoms with Gasteiger partial charge in [-0.1, -0.05) is 11.6 Å². The molecule has 2 N–H and O–H groups in total. The normalized spacial score (nSPS) is 23.9. The first-order valence-electron chi connectivity index (χ1n) is 5.96. The fraction of sp³-hybridized carbons (Fsp3) is 0.538. The molecule has 0 aromatic heterocycles.